The lowest BCUT2D eigenvalue weighted by Gasteiger charge is -2.00. The summed E-state index contributed by atoms with van der Waals surface area (Å²) in [7, 11) is 0. The molecule has 2 aliphatic heterocycles. The van der Waals surface area contributed by atoms with Crippen LogP contribution in [0, 0.1) is 0 Å². The Morgan fingerprint density at radius 3 is 2.55 bits per heavy atom. The molecule has 2 atom stereocenters. The molecule has 0 bridgehead atoms. The molecule has 2 heterocycles. The van der Waals surface area contributed by atoms with Gasteiger partial charge in [-0.1, -0.05) is 18.4 Å². The van der Waals surface area contributed by atoms with Crippen molar-refractivity contribution in [2.75, 3.05) is 6.61 Å². The molecule has 2 aliphatic rings. The van der Waals surface area contributed by atoms with Crippen molar-refractivity contribution < 1.29 is 24.7 Å². The monoisotopic (exact) mass is 162 g/mol. The highest BCUT2D eigenvalue weighted by molar-refractivity contribution is 5.03. The van der Waals surface area contributed by atoms with Gasteiger partial charge in [-0.3, -0.25) is 0 Å². The summed E-state index contributed by atoms with van der Waals surface area (Å²) in [6.45, 7) is 1.74. The van der Waals surface area contributed by atoms with Gasteiger partial charge >= 0.3 is 0 Å². The van der Waals surface area contributed by atoms with Crippen LogP contribution in [0.2, 0.25) is 0 Å². The molecule has 0 aromatic rings. The van der Waals surface area contributed by atoms with E-state index < -0.39 is 11.6 Å². The lowest BCUT2D eigenvalue weighted by molar-refractivity contribution is -0.530. The number of rotatable bonds is 3. The third-order valence-corrected chi connectivity index (χ3v) is 1.99. The molecule has 0 spiro atoms. The lowest BCUT2D eigenvalue weighted by atomic mass is 10.1. The number of aliphatic hydroxyl groups excluding tert-OH is 1. The minimum absolute atomic E-state index is 0.243. The van der Waals surface area contributed by atoms with Gasteiger partial charge in [0.25, 0.3) is 11.6 Å². The molecule has 1 N–H and O–H groups in total. The molecule has 0 radical (unpaired) electrons. The normalized spacial score (nSPS) is 47.5. The van der Waals surface area contributed by atoms with Crippen LogP contribution in [0.15, 0.2) is 0 Å². The highest BCUT2D eigenvalue weighted by Crippen LogP contribution is 2.56. The smallest absolute Gasteiger partial charge is 0.288 e. The maximum atomic E-state index is 8.85. The summed E-state index contributed by atoms with van der Waals surface area (Å²) in [5.41, 5.74) is 0. The molecule has 64 valence electrons. The standard InChI is InChI=1S/C6H10O5/c1-2-3-5-6(4-7,8-5)10-11-9-5/h7H,2-4H2,1H3. The van der Waals surface area contributed by atoms with E-state index >= 15 is 0 Å². The fourth-order valence-corrected chi connectivity index (χ4v) is 1.32. The average Bonchev–Trinajstić information content (AvgIpc) is 2.50. The minimum atomic E-state index is -1.04. The SMILES string of the molecule is CCCC12OOOC1(CO)O2. The summed E-state index contributed by atoms with van der Waals surface area (Å²) >= 11 is 0. The van der Waals surface area contributed by atoms with Crippen LogP contribution < -0.4 is 0 Å². The van der Waals surface area contributed by atoms with Gasteiger partial charge in [0.2, 0.25) is 0 Å². The van der Waals surface area contributed by atoms with Crippen LogP contribution in [-0.4, -0.2) is 23.3 Å². The summed E-state index contributed by atoms with van der Waals surface area (Å²) in [5.74, 6) is -1.88. The molecule has 2 saturated heterocycles. The molecule has 0 saturated carbocycles. The van der Waals surface area contributed by atoms with Crippen LogP contribution in [-0.2, 0) is 19.6 Å². The fraction of sp³-hybridized carbons (Fsp3) is 1.00. The summed E-state index contributed by atoms with van der Waals surface area (Å²) < 4.78 is 5.10. The number of hydrogen-bond acceptors (Lipinski definition) is 5. The van der Waals surface area contributed by atoms with Crippen LogP contribution >= 0.6 is 0 Å². The Hall–Kier alpha value is -0.200. The van der Waals surface area contributed by atoms with E-state index in [1.165, 1.54) is 0 Å². The summed E-state index contributed by atoms with van der Waals surface area (Å²) in [4.78, 5) is 9.37. The Morgan fingerprint density at radius 2 is 2.00 bits per heavy atom. The second-order valence-electron chi connectivity index (χ2n) is 2.75. The summed E-state index contributed by atoms with van der Waals surface area (Å²) in [6.07, 6.45) is 1.54. The van der Waals surface area contributed by atoms with Crippen molar-refractivity contribution in [2.24, 2.45) is 0 Å². The van der Waals surface area contributed by atoms with Gasteiger partial charge in [0, 0.05) is 6.42 Å². The average molecular weight is 162 g/mol. The third kappa shape index (κ3) is 0.771. The Kier molecular flexibility index (Phi) is 1.45. The van der Waals surface area contributed by atoms with Crippen molar-refractivity contribution in [2.45, 2.75) is 31.3 Å². The van der Waals surface area contributed by atoms with E-state index in [1.807, 2.05) is 6.92 Å². The molecule has 2 fully saturated rings. The van der Waals surface area contributed by atoms with Gasteiger partial charge in [-0.05, 0) is 0 Å². The minimum Gasteiger partial charge on any atom is -0.390 e. The van der Waals surface area contributed by atoms with Gasteiger partial charge in [-0.25, -0.2) is 0 Å². The van der Waals surface area contributed by atoms with E-state index in [2.05, 4.69) is 9.93 Å². The van der Waals surface area contributed by atoms with Crippen LogP contribution in [0.5, 0.6) is 0 Å². The van der Waals surface area contributed by atoms with E-state index in [9.17, 15) is 0 Å². The topological polar surface area (TPSA) is 60.5 Å². The first kappa shape index (κ1) is 7.45. The van der Waals surface area contributed by atoms with Gasteiger partial charge < -0.3 is 9.84 Å². The largest absolute Gasteiger partial charge is 0.390 e. The molecular weight excluding hydrogens is 152 g/mol. The van der Waals surface area contributed by atoms with Gasteiger partial charge in [0.15, 0.2) is 0 Å². The zero-order valence-corrected chi connectivity index (χ0v) is 6.20. The Labute approximate surface area is 63.7 Å². The molecule has 5 heteroatoms. The second-order valence-corrected chi connectivity index (χ2v) is 2.75. The molecule has 2 rings (SSSR count). The second kappa shape index (κ2) is 2.15. The highest BCUT2D eigenvalue weighted by atomic mass is 17.6. The Morgan fingerprint density at radius 1 is 1.27 bits per heavy atom. The van der Waals surface area contributed by atoms with Crippen molar-refractivity contribution in [3.63, 3.8) is 0 Å². The highest BCUT2D eigenvalue weighted by Gasteiger charge is 2.79. The van der Waals surface area contributed by atoms with Gasteiger partial charge in [0.05, 0.1) is 0 Å². The van der Waals surface area contributed by atoms with Gasteiger partial charge in [-0.15, -0.1) is 0 Å². The number of aliphatic hydroxyl groups is 1. The number of epoxide rings is 1. The molecular formula is C6H10O5. The molecule has 5 nitrogen and oxygen atoms in total. The quantitative estimate of drug-likeness (QED) is 0.471. The third-order valence-electron chi connectivity index (χ3n) is 1.99. The van der Waals surface area contributed by atoms with E-state index in [0.717, 1.165) is 6.42 Å². The molecule has 0 aromatic carbocycles. The van der Waals surface area contributed by atoms with Gasteiger partial charge in [-0.2, -0.15) is 9.78 Å². The molecule has 11 heavy (non-hydrogen) atoms. The van der Waals surface area contributed by atoms with Crippen LogP contribution in [0.25, 0.3) is 0 Å². The first-order chi connectivity index (χ1) is 5.29. The number of fused-ring (bicyclic) bond motifs is 1. The Balaban J connectivity index is 2.06. The number of hydrogen-bond donors (Lipinski definition) is 1. The van der Waals surface area contributed by atoms with E-state index in [1.54, 1.807) is 0 Å². The van der Waals surface area contributed by atoms with Gasteiger partial charge in [0.1, 0.15) is 6.61 Å². The van der Waals surface area contributed by atoms with Crippen molar-refractivity contribution in [3.8, 4) is 0 Å². The predicted octanol–water partition coefficient (Wildman–Crippen LogP) is 0.0950. The van der Waals surface area contributed by atoms with Crippen molar-refractivity contribution >= 4 is 0 Å². The van der Waals surface area contributed by atoms with Crippen molar-refractivity contribution in [1.82, 2.24) is 0 Å². The zero-order valence-electron chi connectivity index (χ0n) is 6.20. The van der Waals surface area contributed by atoms with Crippen molar-refractivity contribution in [3.05, 3.63) is 0 Å². The predicted molar refractivity (Wildman–Crippen MR) is 31.8 cm³/mol. The maximum Gasteiger partial charge on any atom is 0.288 e. The lowest BCUT2D eigenvalue weighted by Crippen LogP contribution is -2.25. The molecule has 0 amide bonds. The van der Waals surface area contributed by atoms with Crippen molar-refractivity contribution in [1.29, 1.82) is 0 Å². The first-order valence-corrected chi connectivity index (χ1v) is 3.63. The molecule has 0 aromatic heterocycles. The fourth-order valence-electron chi connectivity index (χ4n) is 1.32. The zero-order chi connectivity index (χ0) is 7.95. The van der Waals surface area contributed by atoms with Crippen LogP contribution in [0.3, 0.4) is 0 Å². The maximum absolute atomic E-state index is 8.85. The Bertz CT molecular complexity index is 168. The number of ether oxygens (including phenoxy) is 1. The molecule has 2 unspecified atom stereocenters. The summed E-state index contributed by atoms with van der Waals surface area (Å²) in [5, 5.41) is 13.1. The van der Waals surface area contributed by atoms with E-state index in [-0.39, 0.29) is 6.61 Å². The first-order valence-electron chi connectivity index (χ1n) is 3.63. The van der Waals surface area contributed by atoms with Crippen LogP contribution in [0.4, 0.5) is 0 Å². The van der Waals surface area contributed by atoms with E-state index in [4.69, 9.17) is 14.7 Å². The molecule has 0 aliphatic carbocycles. The van der Waals surface area contributed by atoms with E-state index in [0.29, 0.717) is 6.42 Å². The van der Waals surface area contributed by atoms with Crippen LogP contribution in [0.1, 0.15) is 19.8 Å². The summed E-state index contributed by atoms with van der Waals surface area (Å²) in [6, 6.07) is 0.